The van der Waals surface area contributed by atoms with E-state index in [4.69, 9.17) is 0 Å². The van der Waals surface area contributed by atoms with Crippen LogP contribution in [0.25, 0.3) is 5.82 Å². The van der Waals surface area contributed by atoms with Crippen molar-refractivity contribution in [1.82, 2.24) is 19.9 Å². The minimum absolute atomic E-state index is 0.0707. The fourth-order valence-corrected chi connectivity index (χ4v) is 2.89. The molecule has 24 heavy (non-hydrogen) atoms. The number of hydrogen-bond donors (Lipinski definition) is 1. The van der Waals surface area contributed by atoms with E-state index in [2.05, 4.69) is 21.4 Å². The van der Waals surface area contributed by atoms with Crippen molar-refractivity contribution in [3.63, 3.8) is 0 Å². The van der Waals surface area contributed by atoms with Gasteiger partial charge < -0.3 is 5.32 Å². The number of anilines is 1. The first-order chi connectivity index (χ1) is 11.8. The van der Waals surface area contributed by atoms with Crippen molar-refractivity contribution in [2.75, 3.05) is 11.4 Å². The predicted octanol–water partition coefficient (Wildman–Crippen LogP) is 2.54. The molecule has 2 aromatic heterocycles. The third kappa shape index (κ3) is 2.74. The SMILES string of the molecule is O=C(NCc1ccc(-n2ccnc2)nc1)N1CCc2ccccc21. The van der Waals surface area contributed by atoms with Crippen LogP contribution in [-0.2, 0) is 13.0 Å². The van der Waals surface area contributed by atoms with E-state index in [1.807, 2.05) is 41.1 Å². The van der Waals surface area contributed by atoms with Gasteiger partial charge in [-0.2, -0.15) is 0 Å². The van der Waals surface area contributed by atoms with Gasteiger partial charge in [0.25, 0.3) is 0 Å². The highest BCUT2D eigenvalue weighted by Gasteiger charge is 2.23. The molecular weight excluding hydrogens is 302 g/mol. The number of benzene rings is 1. The van der Waals surface area contributed by atoms with Gasteiger partial charge in [0.1, 0.15) is 12.1 Å². The number of pyridine rings is 1. The van der Waals surface area contributed by atoms with E-state index in [-0.39, 0.29) is 6.03 Å². The van der Waals surface area contributed by atoms with Crippen molar-refractivity contribution in [2.24, 2.45) is 0 Å². The zero-order chi connectivity index (χ0) is 16.4. The molecule has 6 heteroatoms. The zero-order valence-electron chi connectivity index (χ0n) is 13.1. The van der Waals surface area contributed by atoms with Crippen LogP contribution in [0.2, 0.25) is 0 Å². The lowest BCUT2D eigenvalue weighted by atomic mass is 10.2. The van der Waals surface area contributed by atoms with E-state index < -0.39 is 0 Å². The summed E-state index contributed by atoms with van der Waals surface area (Å²) < 4.78 is 1.84. The summed E-state index contributed by atoms with van der Waals surface area (Å²) in [4.78, 5) is 22.6. The van der Waals surface area contributed by atoms with Gasteiger partial charge in [-0.15, -0.1) is 0 Å². The Balaban J connectivity index is 1.39. The van der Waals surface area contributed by atoms with Crippen molar-refractivity contribution in [1.29, 1.82) is 0 Å². The van der Waals surface area contributed by atoms with Crippen LogP contribution in [0.4, 0.5) is 10.5 Å². The number of amides is 2. The fraction of sp³-hybridized carbons (Fsp3) is 0.167. The number of nitrogens with one attached hydrogen (secondary N) is 1. The number of aromatic nitrogens is 3. The molecule has 0 aliphatic carbocycles. The van der Waals surface area contributed by atoms with Gasteiger partial charge in [0, 0.05) is 37.4 Å². The minimum atomic E-state index is -0.0707. The van der Waals surface area contributed by atoms with Crippen LogP contribution < -0.4 is 10.2 Å². The molecule has 1 aliphatic rings. The highest BCUT2D eigenvalue weighted by Crippen LogP contribution is 2.27. The largest absolute Gasteiger partial charge is 0.334 e. The van der Waals surface area contributed by atoms with Crippen LogP contribution in [0.5, 0.6) is 0 Å². The number of nitrogens with zero attached hydrogens (tertiary/aromatic N) is 4. The van der Waals surface area contributed by atoms with Crippen LogP contribution in [0.15, 0.2) is 61.3 Å². The Bertz CT molecular complexity index is 842. The molecular formula is C18H17N5O. The van der Waals surface area contributed by atoms with E-state index in [9.17, 15) is 4.79 Å². The van der Waals surface area contributed by atoms with E-state index in [0.29, 0.717) is 6.54 Å². The molecule has 1 N–H and O–H groups in total. The normalized spacial score (nSPS) is 12.9. The monoisotopic (exact) mass is 319 g/mol. The summed E-state index contributed by atoms with van der Waals surface area (Å²) in [5, 5.41) is 2.96. The van der Waals surface area contributed by atoms with Crippen LogP contribution in [0, 0.1) is 0 Å². The van der Waals surface area contributed by atoms with Crippen molar-refractivity contribution in [3.8, 4) is 5.82 Å². The van der Waals surface area contributed by atoms with Crippen LogP contribution in [-0.4, -0.2) is 27.1 Å². The molecule has 1 aromatic carbocycles. The molecule has 0 fully saturated rings. The first-order valence-corrected chi connectivity index (χ1v) is 7.88. The molecule has 3 heterocycles. The molecule has 0 spiro atoms. The van der Waals surface area contributed by atoms with E-state index in [1.54, 1.807) is 23.6 Å². The molecule has 4 rings (SSSR count). The van der Waals surface area contributed by atoms with Crippen molar-refractivity contribution in [3.05, 3.63) is 72.4 Å². The maximum atomic E-state index is 12.4. The number of carbonyl (C=O) groups excluding carboxylic acids is 1. The lowest BCUT2D eigenvalue weighted by molar-refractivity contribution is 0.246. The Kier molecular flexibility index (Phi) is 3.70. The Morgan fingerprint density at radius 2 is 2.12 bits per heavy atom. The molecule has 3 aromatic rings. The number of hydrogen-bond acceptors (Lipinski definition) is 3. The molecule has 0 atom stereocenters. The summed E-state index contributed by atoms with van der Waals surface area (Å²) in [6.45, 7) is 1.18. The van der Waals surface area contributed by atoms with Gasteiger partial charge in [-0.3, -0.25) is 9.47 Å². The van der Waals surface area contributed by atoms with E-state index >= 15 is 0 Å². The maximum absolute atomic E-state index is 12.4. The second-order valence-corrected chi connectivity index (χ2v) is 5.68. The van der Waals surface area contributed by atoms with Gasteiger partial charge in [-0.05, 0) is 29.7 Å². The summed E-state index contributed by atoms with van der Waals surface area (Å²) in [7, 11) is 0. The van der Waals surface area contributed by atoms with Gasteiger partial charge in [0.2, 0.25) is 0 Å². The Hall–Kier alpha value is -3.15. The lowest BCUT2D eigenvalue weighted by Gasteiger charge is -2.18. The molecule has 2 amide bonds. The first kappa shape index (κ1) is 14.4. The number of imidazole rings is 1. The van der Waals surface area contributed by atoms with Crippen molar-refractivity contribution < 1.29 is 4.79 Å². The number of fused-ring (bicyclic) bond motifs is 1. The van der Waals surface area contributed by atoms with Gasteiger partial charge in [-0.25, -0.2) is 14.8 Å². The van der Waals surface area contributed by atoms with E-state index in [1.165, 1.54) is 5.56 Å². The maximum Gasteiger partial charge on any atom is 0.322 e. The topological polar surface area (TPSA) is 63.1 Å². The summed E-state index contributed by atoms with van der Waals surface area (Å²) in [5.41, 5.74) is 3.18. The third-order valence-corrected chi connectivity index (χ3v) is 4.15. The minimum Gasteiger partial charge on any atom is -0.334 e. The number of carbonyl (C=O) groups is 1. The molecule has 1 aliphatic heterocycles. The number of rotatable bonds is 3. The second-order valence-electron chi connectivity index (χ2n) is 5.68. The Labute approximate surface area is 139 Å². The average Bonchev–Trinajstić information content (AvgIpc) is 3.30. The Morgan fingerprint density at radius 1 is 1.21 bits per heavy atom. The quantitative estimate of drug-likeness (QED) is 0.807. The molecule has 0 bridgehead atoms. The summed E-state index contributed by atoms with van der Waals surface area (Å²) in [6, 6.07) is 11.8. The molecule has 0 saturated heterocycles. The van der Waals surface area contributed by atoms with Gasteiger partial charge in [0.05, 0.1) is 0 Å². The van der Waals surface area contributed by atoms with Crippen LogP contribution in [0.3, 0.4) is 0 Å². The highest BCUT2D eigenvalue weighted by atomic mass is 16.2. The van der Waals surface area contributed by atoms with Crippen molar-refractivity contribution >= 4 is 11.7 Å². The smallest absolute Gasteiger partial charge is 0.322 e. The number of urea groups is 1. The van der Waals surface area contributed by atoms with Gasteiger partial charge in [-0.1, -0.05) is 24.3 Å². The second kappa shape index (κ2) is 6.16. The van der Waals surface area contributed by atoms with Gasteiger partial charge >= 0.3 is 6.03 Å². The standard InChI is InChI=1S/C18H17N5O/c24-18(23-9-7-15-3-1-2-4-16(15)23)21-12-14-5-6-17(20-11-14)22-10-8-19-13-22/h1-6,8,10-11,13H,7,9,12H2,(H,21,24). The highest BCUT2D eigenvalue weighted by molar-refractivity contribution is 5.94. The average molecular weight is 319 g/mol. The van der Waals surface area contributed by atoms with E-state index in [0.717, 1.165) is 30.0 Å². The van der Waals surface area contributed by atoms with Gasteiger partial charge in [0.15, 0.2) is 0 Å². The zero-order valence-corrected chi connectivity index (χ0v) is 13.1. The van der Waals surface area contributed by atoms with Crippen LogP contribution in [0.1, 0.15) is 11.1 Å². The molecule has 0 radical (unpaired) electrons. The first-order valence-electron chi connectivity index (χ1n) is 7.88. The number of para-hydroxylation sites is 1. The molecule has 6 nitrogen and oxygen atoms in total. The fourth-order valence-electron chi connectivity index (χ4n) is 2.89. The third-order valence-electron chi connectivity index (χ3n) is 4.15. The Morgan fingerprint density at radius 3 is 2.92 bits per heavy atom. The summed E-state index contributed by atoms with van der Waals surface area (Å²) in [6.07, 6.45) is 7.94. The predicted molar refractivity (Wildman–Crippen MR) is 91.1 cm³/mol. The molecule has 120 valence electrons. The summed E-state index contributed by atoms with van der Waals surface area (Å²) in [5.74, 6) is 0.802. The molecule has 0 saturated carbocycles. The molecule has 0 unspecified atom stereocenters. The van der Waals surface area contributed by atoms with Crippen molar-refractivity contribution in [2.45, 2.75) is 13.0 Å². The van der Waals surface area contributed by atoms with Crippen LogP contribution >= 0.6 is 0 Å². The lowest BCUT2D eigenvalue weighted by Crippen LogP contribution is -2.38. The summed E-state index contributed by atoms with van der Waals surface area (Å²) >= 11 is 0.